The molecular formula is C15H20N2O2. The van der Waals surface area contributed by atoms with Crippen molar-refractivity contribution in [2.45, 2.75) is 33.7 Å². The monoisotopic (exact) mass is 260 g/mol. The summed E-state index contributed by atoms with van der Waals surface area (Å²) in [5.74, 6) is 0.0927. The highest BCUT2D eigenvalue weighted by Crippen LogP contribution is 2.24. The second-order valence-electron chi connectivity index (χ2n) is 4.57. The first-order chi connectivity index (χ1) is 9.03. The first-order valence-electron chi connectivity index (χ1n) is 6.34. The van der Waals surface area contributed by atoms with E-state index in [2.05, 4.69) is 5.32 Å². The van der Waals surface area contributed by atoms with Gasteiger partial charge in [0, 0.05) is 6.54 Å². The van der Waals surface area contributed by atoms with Crippen molar-refractivity contribution in [2.75, 3.05) is 7.11 Å². The highest BCUT2D eigenvalue weighted by molar-refractivity contribution is 5.80. The zero-order valence-electron chi connectivity index (χ0n) is 11.9. The van der Waals surface area contributed by atoms with Crippen molar-refractivity contribution in [2.24, 2.45) is 5.92 Å². The van der Waals surface area contributed by atoms with Crippen molar-refractivity contribution in [3.05, 3.63) is 28.8 Å². The fraction of sp³-hybridized carbons (Fsp3) is 0.467. The molecule has 0 spiro atoms. The van der Waals surface area contributed by atoms with Crippen LogP contribution in [-0.4, -0.2) is 13.0 Å². The topological polar surface area (TPSA) is 62.1 Å². The summed E-state index contributed by atoms with van der Waals surface area (Å²) in [6, 6.07) is 5.97. The molecule has 19 heavy (non-hydrogen) atoms. The second kappa shape index (κ2) is 6.79. The number of nitrogens with one attached hydrogen (secondary N) is 1. The van der Waals surface area contributed by atoms with Crippen LogP contribution in [0.1, 0.15) is 30.0 Å². The van der Waals surface area contributed by atoms with Gasteiger partial charge in [0.05, 0.1) is 13.2 Å². The minimum absolute atomic E-state index is 0.212. The van der Waals surface area contributed by atoms with E-state index >= 15 is 0 Å². The number of carbonyl (C=O) groups is 1. The molecule has 0 fully saturated rings. The first kappa shape index (κ1) is 15.0. The lowest BCUT2D eigenvalue weighted by molar-refractivity contribution is -0.123. The lowest BCUT2D eigenvalue weighted by Crippen LogP contribution is -2.29. The van der Waals surface area contributed by atoms with Crippen LogP contribution >= 0.6 is 0 Å². The molecule has 0 radical (unpaired) electrons. The van der Waals surface area contributed by atoms with E-state index in [-0.39, 0.29) is 5.91 Å². The molecular weight excluding hydrogens is 240 g/mol. The summed E-state index contributed by atoms with van der Waals surface area (Å²) in [4.78, 5) is 11.7. The maximum atomic E-state index is 11.7. The molecule has 1 aromatic carbocycles. The summed E-state index contributed by atoms with van der Waals surface area (Å²) in [5.41, 5.74) is 3.09. The van der Waals surface area contributed by atoms with Gasteiger partial charge in [0.2, 0.25) is 5.91 Å². The molecule has 1 N–H and O–H groups in total. The van der Waals surface area contributed by atoms with E-state index in [4.69, 9.17) is 10.00 Å². The van der Waals surface area contributed by atoms with E-state index < -0.39 is 5.92 Å². The Kier molecular flexibility index (Phi) is 5.37. The smallest absolute Gasteiger partial charge is 0.237 e. The van der Waals surface area contributed by atoms with Crippen molar-refractivity contribution >= 4 is 5.91 Å². The van der Waals surface area contributed by atoms with Crippen LogP contribution in [0.25, 0.3) is 0 Å². The molecule has 1 aromatic rings. The van der Waals surface area contributed by atoms with Crippen molar-refractivity contribution in [1.82, 2.24) is 5.32 Å². The summed E-state index contributed by atoms with van der Waals surface area (Å²) in [6.07, 6.45) is 0.531. The average Bonchev–Trinajstić information content (AvgIpc) is 2.37. The number of rotatable bonds is 5. The van der Waals surface area contributed by atoms with E-state index in [0.29, 0.717) is 13.0 Å². The predicted molar refractivity (Wildman–Crippen MR) is 73.7 cm³/mol. The molecule has 1 amide bonds. The molecule has 0 saturated carbocycles. The van der Waals surface area contributed by atoms with Gasteiger partial charge in [-0.25, -0.2) is 0 Å². The van der Waals surface area contributed by atoms with Crippen LogP contribution in [0.2, 0.25) is 0 Å². The molecule has 0 bridgehead atoms. The Labute approximate surface area is 114 Å². The van der Waals surface area contributed by atoms with Gasteiger partial charge in [-0.05, 0) is 37.0 Å². The second-order valence-corrected chi connectivity index (χ2v) is 4.57. The van der Waals surface area contributed by atoms with Crippen molar-refractivity contribution in [1.29, 1.82) is 5.26 Å². The first-order valence-corrected chi connectivity index (χ1v) is 6.34. The van der Waals surface area contributed by atoms with E-state index in [1.165, 1.54) is 0 Å². The van der Waals surface area contributed by atoms with Gasteiger partial charge >= 0.3 is 0 Å². The summed E-state index contributed by atoms with van der Waals surface area (Å²) < 4.78 is 5.30. The van der Waals surface area contributed by atoms with Gasteiger partial charge in [-0.15, -0.1) is 0 Å². The number of hydrogen-bond donors (Lipinski definition) is 1. The van der Waals surface area contributed by atoms with E-state index in [1.54, 1.807) is 7.11 Å². The molecule has 1 unspecified atom stereocenters. The lowest BCUT2D eigenvalue weighted by atomic mass is 10.0. The SMILES string of the molecule is CCC(C#N)C(=O)NCc1cc(C)c(OC)c(C)c1. The number of ether oxygens (including phenoxy) is 1. The number of carbonyl (C=O) groups excluding carboxylic acids is 1. The fourth-order valence-electron chi connectivity index (χ4n) is 2.11. The van der Waals surface area contributed by atoms with Crippen LogP contribution in [0.3, 0.4) is 0 Å². The van der Waals surface area contributed by atoms with Crippen LogP contribution in [0.5, 0.6) is 5.75 Å². The molecule has 0 aliphatic heterocycles. The molecule has 0 aliphatic carbocycles. The molecule has 0 aliphatic rings. The summed E-state index contributed by atoms with van der Waals surface area (Å²) in [6.45, 7) is 6.21. The maximum Gasteiger partial charge on any atom is 0.237 e. The summed E-state index contributed by atoms with van der Waals surface area (Å²) in [5, 5.41) is 11.6. The summed E-state index contributed by atoms with van der Waals surface area (Å²) >= 11 is 0. The number of methoxy groups -OCH3 is 1. The van der Waals surface area contributed by atoms with Crippen LogP contribution in [0.15, 0.2) is 12.1 Å². The third-order valence-corrected chi connectivity index (χ3v) is 3.07. The normalized spacial score (nSPS) is 11.5. The molecule has 1 atom stereocenters. The van der Waals surface area contributed by atoms with Crippen LogP contribution in [-0.2, 0) is 11.3 Å². The van der Waals surface area contributed by atoms with E-state index in [1.807, 2.05) is 39.0 Å². The Morgan fingerprint density at radius 2 is 2.00 bits per heavy atom. The van der Waals surface area contributed by atoms with Crippen LogP contribution < -0.4 is 10.1 Å². The van der Waals surface area contributed by atoms with E-state index in [9.17, 15) is 4.79 Å². The zero-order chi connectivity index (χ0) is 14.4. The van der Waals surface area contributed by atoms with Gasteiger partial charge in [-0.2, -0.15) is 5.26 Å². The molecule has 4 nitrogen and oxygen atoms in total. The molecule has 0 heterocycles. The summed E-state index contributed by atoms with van der Waals surface area (Å²) in [7, 11) is 1.65. The zero-order valence-corrected chi connectivity index (χ0v) is 11.9. The molecule has 0 aromatic heterocycles. The number of hydrogen-bond acceptors (Lipinski definition) is 3. The third-order valence-electron chi connectivity index (χ3n) is 3.07. The van der Waals surface area contributed by atoms with Gasteiger partial charge in [0.25, 0.3) is 0 Å². The highest BCUT2D eigenvalue weighted by atomic mass is 16.5. The van der Waals surface area contributed by atoms with Crippen molar-refractivity contribution in [3.63, 3.8) is 0 Å². The highest BCUT2D eigenvalue weighted by Gasteiger charge is 2.15. The van der Waals surface area contributed by atoms with Crippen LogP contribution in [0, 0.1) is 31.1 Å². The minimum atomic E-state index is -0.569. The maximum absolute atomic E-state index is 11.7. The van der Waals surface area contributed by atoms with Crippen LogP contribution in [0.4, 0.5) is 0 Å². The van der Waals surface area contributed by atoms with Gasteiger partial charge < -0.3 is 10.1 Å². The minimum Gasteiger partial charge on any atom is -0.496 e. The Morgan fingerprint density at radius 1 is 1.42 bits per heavy atom. The number of aryl methyl sites for hydroxylation is 2. The van der Waals surface area contributed by atoms with Gasteiger partial charge in [-0.1, -0.05) is 19.1 Å². The Bertz CT molecular complexity index is 480. The molecule has 0 saturated heterocycles. The molecule has 102 valence electrons. The standard InChI is InChI=1S/C15H20N2O2/c1-5-13(8-16)15(18)17-9-12-6-10(2)14(19-4)11(3)7-12/h6-7,13H,5,9H2,1-4H3,(H,17,18). The predicted octanol–water partition coefficient (Wildman–Crippen LogP) is 2.48. The third kappa shape index (κ3) is 3.72. The van der Waals surface area contributed by atoms with Gasteiger partial charge in [-0.3, -0.25) is 4.79 Å². The van der Waals surface area contributed by atoms with Crippen molar-refractivity contribution < 1.29 is 9.53 Å². The van der Waals surface area contributed by atoms with Gasteiger partial charge in [0.1, 0.15) is 11.7 Å². The Hall–Kier alpha value is -2.02. The number of amides is 1. The number of benzene rings is 1. The molecule has 4 heteroatoms. The van der Waals surface area contributed by atoms with Gasteiger partial charge in [0.15, 0.2) is 0 Å². The fourth-order valence-corrected chi connectivity index (χ4v) is 2.11. The largest absolute Gasteiger partial charge is 0.496 e. The molecule has 1 rings (SSSR count). The Morgan fingerprint density at radius 3 is 2.42 bits per heavy atom. The Balaban J connectivity index is 2.75. The van der Waals surface area contributed by atoms with Crippen molar-refractivity contribution in [3.8, 4) is 11.8 Å². The van der Waals surface area contributed by atoms with E-state index in [0.717, 1.165) is 22.4 Å². The number of nitrogens with zero attached hydrogens (tertiary/aromatic N) is 1. The lowest BCUT2D eigenvalue weighted by Gasteiger charge is -2.13. The quantitative estimate of drug-likeness (QED) is 0.884. The average molecular weight is 260 g/mol. The number of nitriles is 1.